The summed E-state index contributed by atoms with van der Waals surface area (Å²) in [5.74, 6) is 0. The molecule has 5 heteroatoms. The maximum atomic E-state index is 7.82. The van der Waals surface area contributed by atoms with E-state index in [0.29, 0.717) is 0 Å². The van der Waals surface area contributed by atoms with Gasteiger partial charge in [-0.15, -0.1) is 0 Å². The summed E-state index contributed by atoms with van der Waals surface area (Å²) >= 11 is 0. The van der Waals surface area contributed by atoms with Gasteiger partial charge >= 0.3 is 7.32 Å². The van der Waals surface area contributed by atoms with Gasteiger partial charge in [-0.25, -0.2) is 5.48 Å². The highest BCUT2D eigenvalue weighted by Crippen LogP contribution is 1.60. The fourth-order valence-electron chi connectivity index (χ4n) is 0.105. The lowest BCUT2D eigenvalue weighted by Gasteiger charge is -1.93. The number of hydrogen-bond donors (Lipinski definition) is 3. The van der Waals surface area contributed by atoms with Crippen LogP contribution >= 0.6 is 0 Å². The maximum absolute atomic E-state index is 7.82. The molecule has 36 valence electrons. The van der Waals surface area contributed by atoms with Gasteiger partial charge in [0.2, 0.25) is 0 Å². The molecule has 3 N–H and O–H groups in total. The van der Waals surface area contributed by atoms with Gasteiger partial charge in [0.15, 0.2) is 0 Å². The fraction of sp³-hybridized carbons (Fsp3) is 1.00. The molecule has 0 unspecified atom stereocenters. The maximum Gasteiger partial charge on any atom is 0.651 e. The van der Waals surface area contributed by atoms with Crippen molar-refractivity contribution < 1.29 is 14.8 Å². The number of hydrogen-bond acceptors (Lipinski definition) is 4. The number of nitrogens with one attached hydrogen (secondary N) is 1. The molecule has 0 aliphatic heterocycles. The molecule has 0 aliphatic rings. The van der Waals surface area contributed by atoms with Crippen LogP contribution in [0.15, 0.2) is 0 Å². The molecule has 0 atom stereocenters. The number of hydroxylamine groups is 1. The minimum absolute atomic E-state index is 1.43. The Morgan fingerprint density at radius 1 is 1.67 bits per heavy atom. The Morgan fingerprint density at radius 2 is 2.17 bits per heavy atom. The Balaban J connectivity index is 2.63. The highest BCUT2D eigenvalue weighted by Gasteiger charge is 2.04. The van der Waals surface area contributed by atoms with Crippen LogP contribution in [0.4, 0.5) is 0 Å². The second-order valence-electron chi connectivity index (χ2n) is 0.648. The van der Waals surface area contributed by atoms with Crippen LogP contribution in [0, 0.1) is 0 Å². The molecule has 0 radical (unpaired) electrons. The Hall–Kier alpha value is -0.0951. The van der Waals surface area contributed by atoms with Crippen molar-refractivity contribution in [1.82, 2.24) is 5.48 Å². The van der Waals surface area contributed by atoms with E-state index in [0.717, 1.165) is 0 Å². The summed E-state index contributed by atoms with van der Waals surface area (Å²) in [7, 11) is -0.283. The van der Waals surface area contributed by atoms with Crippen LogP contribution in [0.1, 0.15) is 0 Å². The van der Waals surface area contributed by atoms with E-state index < -0.39 is 7.32 Å². The molecule has 0 rings (SSSR count). The lowest BCUT2D eigenvalue weighted by molar-refractivity contribution is 0.126. The lowest BCUT2D eigenvalue weighted by atomic mass is 10.3. The molecule has 0 aromatic heterocycles. The molecule has 0 amide bonds. The van der Waals surface area contributed by atoms with Gasteiger partial charge in [0.1, 0.15) is 0 Å². The van der Waals surface area contributed by atoms with Crippen LogP contribution in [0.3, 0.4) is 0 Å². The van der Waals surface area contributed by atoms with Gasteiger partial charge in [0, 0.05) is 7.05 Å². The molecule has 0 bridgehead atoms. The van der Waals surface area contributed by atoms with E-state index in [1.807, 2.05) is 0 Å². The zero-order chi connectivity index (χ0) is 4.99. The average Bonchev–Trinajstić information content (AvgIpc) is 1.35. The predicted octanol–water partition coefficient (Wildman–Crippen LogP) is -1.89. The van der Waals surface area contributed by atoms with Gasteiger partial charge < -0.3 is 14.8 Å². The highest BCUT2D eigenvalue weighted by molar-refractivity contribution is 6.32. The van der Waals surface area contributed by atoms with Crippen molar-refractivity contribution in [3.63, 3.8) is 0 Å². The average molecular weight is 90.9 g/mol. The first-order valence-corrected chi connectivity index (χ1v) is 1.46. The molecule has 0 aromatic rings. The minimum Gasteiger partial charge on any atom is -0.401 e. The van der Waals surface area contributed by atoms with Crippen LogP contribution in [0.25, 0.3) is 0 Å². The van der Waals surface area contributed by atoms with E-state index >= 15 is 0 Å². The third-order valence-corrected chi connectivity index (χ3v) is 0.223. The summed E-state index contributed by atoms with van der Waals surface area (Å²) in [6.07, 6.45) is 0. The van der Waals surface area contributed by atoms with Crippen LogP contribution < -0.4 is 5.48 Å². The summed E-state index contributed by atoms with van der Waals surface area (Å²) in [4.78, 5) is 0. The van der Waals surface area contributed by atoms with Gasteiger partial charge in [-0.3, -0.25) is 0 Å². The summed E-state index contributed by atoms with van der Waals surface area (Å²) in [5.41, 5.74) is 2.07. The minimum atomic E-state index is -1.71. The first-order valence-electron chi connectivity index (χ1n) is 1.46. The molecular weight excluding hydrogens is 84.8 g/mol. The molecule has 0 aliphatic carbocycles. The van der Waals surface area contributed by atoms with Crippen LogP contribution in [0.5, 0.6) is 0 Å². The van der Waals surface area contributed by atoms with Crippen molar-refractivity contribution >= 4 is 7.32 Å². The first-order chi connectivity index (χ1) is 2.77. The quantitative estimate of drug-likeness (QED) is 0.274. The second kappa shape index (κ2) is 3.11. The van der Waals surface area contributed by atoms with Crippen molar-refractivity contribution in [1.29, 1.82) is 0 Å². The molecule has 0 fully saturated rings. The second-order valence-corrected chi connectivity index (χ2v) is 0.648. The van der Waals surface area contributed by atoms with Gasteiger partial charge in [-0.05, 0) is 0 Å². The molecule has 0 aromatic carbocycles. The fourth-order valence-corrected chi connectivity index (χ4v) is 0.105. The first kappa shape index (κ1) is 5.90. The largest absolute Gasteiger partial charge is 0.651 e. The molecule has 6 heavy (non-hydrogen) atoms. The number of rotatable bonds is 2. The summed E-state index contributed by atoms with van der Waals surface area (Å²) in [5, 5.41) is 15.6. The van der Waals surface area contributed by atoms with Gasteiger partial charge in [-0.1, -0.05) is 0 Å². The van der Waals surface area contributed by atoms with Crippen molar-refractivity contribution in [3.8, 4) is 0 Å². The topological polar surface area (TPSA) is 61.7 Å². The molecule has 0 saturated carbocycles. The third kappa shape index (κ3) is 3.90. The Bertz CT molecular complexity index is 32.0. The van der Waals surface area contributed by atoms with E-state index in [-0.39, 0.29) is 0 Å². The standard InChI is InChI=1S/CH6BNO3/c1-3-6-2(4)5/h3-5H,1H3. The molecule has 4 nitrogen and oxygen atoms in total. The summed E-state index contributed by atoms with van der Waals surface area (Å²) < 4.78 is 3.90. The van der Waals surface area contributed by atoms with Crippen LogP contribution in [-0.4, -0.2) is 24.4 Å². The monoisotopic (exact) mass is 91.0 g/mol. The van der Waals surface area contributed by atoms with E-state index in [4.69, 9.17) is 10.0 Å². The molecule has 0 spiro atoms. The smallest absolute Gasteiger partial charge is 0.401 e. The summed E-state index contributed by atoms with van der Waals surface area (Å²) in [6.45, 7) is 0. The summed E-state index contributed by atoms with van der Waals surface area (Å²) in [6, 6.07) is 0. The van der Waals surface area contributed by atoms with Crippen molar-refractivity contribution in [2.24, 2.45) is 0 Å². The predicted molar refractivity (Wildman–Crippen MR) is 20.3 cm³/mol. The zero-order valence-electron chi connectivity index (χ0n) is 3.38. The van der Waals surface area contributed by atoms with E-state index in [2.05, 4.69) is 10.2 Å². The van der Waals surface area contributed by atoms with Crippen molar-refractivity contribution in [2.75, 3.05) is 7.05 Å². The third-order valence-electron chi connectivity index (χ3n) is 0.223. The van der Waals surface area contributed by atoms with Gasteiger partial charge in [-0.2, -0.15) is 0 Å². The molecule has 0 saturated heterocycles. The Labute approximate surface area is 35.9 Å². The van der Waals surface area contributed by atoms with Gasteiger partial charge in [0.25, 0.3) is 0 Å². The Kier molecular flexibility index (Phi) is 3.06. The van der Waals surface area contributed by atoms with Crippen molar-refractivity contribution in [3.05, 3.63) is 0 Å². The van der Waals surface area contributed by atoms with Gasteiger partial charge in [0.05, 0.1) is 0 Å². The Morgan fingerprint density at radius 3 is 2.17 bits per heavy atom. The SMILES string of the molecule is CNOB(O)O. The highest BCUT2D eigenvalue weighted by atomic mass is 16.7. The normalized spacial score (nSPS) is 8.50. The lowest BCUT2D eigenvalue weighted by Crippen LogP contribution is -2.24. The van der Waals surface area contributed by atoms with E-state index in [1.165, 1.54) is 7.05 Å². The molecular formula is CH6BNO3. The van der Waals surface area contributed by atoms with Crippen LogP contribution in [-0.2, 0) is 4.76 Å². The van der Waals surface area contributed by atoms with Crippen LogP contribution in [0.2, 0.25) is 0 Å². The van der Waals surface area contributed by atoms with E-state index in [1.54, 1.807) is 0 Å². The zero-order valence-corrected chi connectivity index (χ0v) is 3.38. The van der Waals surface area contributed by atoms with Crippen molar-refractivity contribution in [2.45, 2.75) is 0 Å². The molecule has 0 heterocycles. The van der Waals surface area contributed by atoms with E-state index in [9.17, 15) is 0 Å².